The van der Waals surface area contributed by atoms with Gasteiger partial charge in [0.25, 0.3) is 5.91 Å². The SMILES string of the molecule is CCCNC(=O)c1ccccc1P(c1ccccc1)c1ccccc1. The second kappa shape index (κ2) is 8.60. The minimum absolute atomic E-state index is 0.0109. The highest BCUT2D eigenvalue weighted by atomic mass is 31.1. The Balaban J connectivity index is 2.10. The highest BCUT2D eigenvalue weighted by Gasteiger charge is 2.21. The van der Waals surface area contributed by atoms with Gasteiger partial charge in [-0.25, -0.2) is 0 Å². The number of nitrogens with one attached hydrogen (secondary N) is 1. The molecule has 0 aliphatic heterocycles. The monoisotopic (exact) mass is 347 g/mol. The van der Waals surface area contributed by atoms with E-state index in [0.717, 1.165) is 17.3 Å². The predicted octanol–water partition coefficient (Wildman–Crippen LogP) is 3.58. The summed E-state index contributed by atoms with van der Waals surface area (Å²) in [5.74, 6) is 0.0109. The second-order valence-electron chi connectivity index (χ2n) is 5.78. The molecule has 0 unspecified atom stereocenters. The maximum Gasteiger partial charge on any atom is 0.251 e. The van der Waals surface area contributed by atoms with Crippen LogP contribution >= 0.6 is 7.92 Å². The Labute approximate surface area is 150 Å². The van der Waals surface area contributed by atoms with E-state index in [1.165, 1.54) is 10.6 Å². The third-order valence-corrected chi connectivity index (χ3v) is 6.45. The molecular weight excluding hydrogens is 325 g/mol. The number of benzene rings is 3. The topological polar surface area (TPSA) is 29.1 Å². The average molecular weight is 347 g/mol. The van der Waals surface area contributed by atoms with E-state index in [2.05, 4.69) is 66.8 Å². The fraction of sp³-hybridized carbons (Fsp3) is 0.136. The number of amides is 1. The molecule has 0 radical (unpaired) electrons. The van der Waals surface area contributed by atoms with Crippen molar-refractivity contribution in [2.24, 2.45) is 0 Å². The van der Waals surface area contributed by atoms with Crippen LogP contribution in [0.2, 0.25) is 0 Å². The van der Waals surface area contributed by atoms with Crippen molar-refractivity contribution in [1.29, 1.82) is 0 Å². The van der Waals surface area contributed by atoms with Crippen molar-refractivity contribution in [2.75, 3.05) is 6.54 Å². The van der Waals surface area contributed by atoms with Gasteiger partial charge in [0.1, 0.15) is 0 Å². The van der Waals surface area contributed by atoms with Crippen LogP contribution in [-0.4, -0.2) is 12.5 Å². The number of rotatable bonds is 6. The average Bonchev–Trinajstić information content (AvgIpc) is 2.68. The first-order valence-corrected chi connectivity index (χ1v) is 9.93. The molecule has 0 bridgehead atoms. The molecule has 1 N–H and O–H groups in total. The van der Waals surface area contributed by atoms with Crippen molar-refractivity contribution in [1.82, 2.24) is 5.32 Å². The third kappa shape index (κ3) is 4.15. The van der Waals surface area contributed by atoms with Gasteiger partial charge < -0.3 is 5.32 Å². The Kier molecular flexibility index (Phi) is 5.98. The van der Waals surface area contributed by atoms with Gasteiger partial charge in [0, 0.05) is 12.1 Å². The molecule has 0 saturated carbocycles. The maximum absolute atomic E-state index is 12.7. The smallest absolute Gasteiger partial charge is 0.251 e. The van der Waals surface area contributed by atoms with Gasteiger partial charge in [-0.1, -0.05) is 85.8 Å². The Bertz CT molecular complexity index is 778. The van der Waals surface area contributed by atoms with E-state index in [0.29, 0.717) is 6.54 Å². The molecule has 0 aliphatic carbocycles. The van der Waals surface area contributed by atoms with Gasteiger partial charge in [0.05, 0.1) is 0 Å². The summed E-state index contributed by atoms with van der Waals surface area (Å²) < 4.78 is 0. The van der Waals surface area contributed by atoms with E-state index in [4.69, 9.17) is 0 Å². The van der Waals surface area contributed by atoms with Crippen LogP contribution in [0.3, 0.4) is 0 Å². The summed E-state index contributed by atoms with van der Waals surface area (Å²) in [5.41, 5.74) is 0.773. The molecule has 3 heteroatoms. The first-order chi connectivity index (χ1) is 12.3. The van der Waals surface area contributed by atoms with Crippen molar-refractivity contribution in [2.45, 2.75) is 13.3 Å². The van der Waals surface area contributed by atoms with Crippen molar-refractivity contribution in [3.63, 3.8) is 0 Å². The minimum atomic E-state index is -0.775. The number of hydrogen-bond donors (Lipinski definition) is 1. The van der Waals surface area contributed by atoms with E-state index in [1.54, 1.807) is 0 Å². The lowest BCUT2D eigenvalue weighted by atomic mass is 10.2. The number of carbonyl (C=O) groups excluding carboxylic acids is 1. The molecule has 0 fully saturated rings. The molecule has 0 saturated heterocycles. The quantitative estimate of drug-likeness (QED) is 0.679. The molecular formula is C22H22NOP. The van der Waals surface area contributed by atoms with Crippen LogP contribution in [0.25, 0.3) is 0 Å². The highest BCUT2D eigenvalue weighted by Crippen LogP contribution is 2.33. The normalized spacial score (nSPS) is 10.6. The first-order valence-electron chi connectivity index (χ1n) is 8.58. The lowest BCUT2D eigenvalue weighted by Gasteiger charge is -2.22. The van der Waals surface area contributed by atoms with Crippen LogP contribution in [0.1, 0.15) is 23.7 Å². The lowest BCUT2D eigenvalue weighted by Crippen LogP contribution is -2.31. The summed E-state index contributed by atoms with van der Waals surface area (Å²) in [6.45, 7) is 2.76. The van der Waals surface area contributed by atoms with Crippen LogP contribution in [0.15, 0.2) is 84.9 Å². The summed E-state index contributed by atoms with van der Waals surface area (Å²) in [6.07, 6.45) is 0.931. The van der Waals surface area contributed by atoms with E-state index in [1.807, 2.05) is 30.3 Å². The molecule has 0 aromatic heterocycles. The summed E-state index contributed by atoms with van der Waals surface area (Å²) in [4.78, 5) is 12.7. The first kappa shape index (κ1) is 17.4. The molecule has 126 valence electrons. The molecule has 0 heterocycles. The predicted molar refractivity (Wildman–Crippen MR) is 108 cm³/mol. The molecule has 0 atom stereocenters. The van der Waals surface area contributed by atoms with Gasteiger partial charge in [0.15, 0.2) is 0 Å². The van der Waals surface area contributed by atoms with Crippen LogP contribution < -0.4 is 21.2 Å². The fourth-order valence-electron chi connectivity index (χ4n) is 2.78. The zero-order valence-electron chi connectivity index (χ0n) is 14.4. The van der Waals surface area contributed by atoms with Crippen LogP contribution in [-0.2, 0) is 0 Å². The van der Waals surface area contributed by atoms with E-state index >= 15 is 0 Å². The number of hydrogen-bond acceptors (Lipinski definition) is 1. The molecule has 3 rings (SSSR count). The Morgan fingerprint density at radius 2 is 1.32 bits per heavy atom. The van der Waals surface area contributed by atoms with Gasteiger partial charge in [0.2, 0.25) is 0 Å². The standard InChI is InChI=1S/C22H22NOP/c1-2-17-23-22(24)20-15-9-10-16-21(20)25(18-11-5-3-6-12-18)19-13-7-4-8-14-19/h3-16H,2,17H2,1H3,(H,23,24). The highest BCUT2D eigenvalue weighted by molar-refractivity contribution is 7.80. The third-order valence-electron chi connectivity index (χ3n) is 3.95. The van der Waals surface area contributed by atoms with E-state index in [-0.39, 0.29) is 5.91 Å². The minimum Gasteiger partial charge on any atom is -0.352 e. The van der Waals surface area contributed by atoms with Gasteiger partial charge in [-0.15, -0.1) is 0 Å². The van der Waals surface area contributed by atoms with E-state index in [9.17, 15) is 4.79 Å². The summed E-state index contributed by atoms with van der Waals surface area (Å²) >= 11 is 0. The fourth-order valence-corrected chi connectivity index (χ4v) is 5.22. The number of carbonyl (C=O) groups is 1. The molecule has 0 spiro atoms. The largest absolute Gasteiger partial charge is 0.352 e. The lowest BCUT2D eigenvalue weighted by molar-refractivity contribution is 0.0955. The molecule has 25 heavy (non-hydrogen) atoms. The summed E-state index contributed by atoms with van der Waals surface area (Å²) in [6, 6.07) is 28.9. The Hall–Kier alpha value is -2.44. The molecule has 2 nitrogen and oxygen atoms in total. The zero-order valence-corrected chi connectivity index (χ0v) is 15.2. The van der Waals surface area contributed by atoms with Crippen LogP contribution in [0.5, 0.6) is 0 Å². The van der Waals surface area contributed by atoms with E-state index < -0.39 is 7.92 Å². The van der Waals surface area contributed by atoms with Gasteiger partial charge >= 0.3 is 0 Å². The van der Waals surface area contributed by atoms with Crippen molar-refractivity contribution >= 4 is 29.7 Å². The van der Waals surface area contributed by atoms with Crippen molar-refractivity contribution in [3.8, 4) is 0 Å². The molecule has 3 aromatic rings. The van der Waals surface area contributed by atoms with Gasteiger partial charge in [-0.05, 0) is 36.3 Å². The summed E-state index contributed by atoms with van der Waals surface area (Å²) in [7, 11) is -0.775. The summed E-state index contributed by atoms with van der Waals surface area (Å²) in [5, 5.41) is 6.62. The Morgan fingerprint density at radius 3 is 1.88 bits per heavy atom. The van der Waals surface area contributed by atoms with Crippen molar-refractivity contribution in [3.05, 3.63) is 90.5 Å². The Morgan fingerprint density at radius 1 is 0.800 bits per heavy atom. The zero-order chi connectivity index (χ0) is 17.5. The molecule has 3 aromatic carbocycles. The van der Waals surface area contributed by atoms with Gasteiger partial charge in [-0.3, -0.25) is 4.79 Å². The van der Waals surface area contributed by atoms with Crippen LogP contribution in [0.4, 0.5) is 0 Å². The molecule has 0 aliphatic rings. The maximum atomic E-state index is 12.7. The second-order valence-corrected chi connectivity index (χ2v) is 7.96. The van der Waals surface area contributed by atoms with Gasteiger partial charge in [-0.2, -0.15) is 0 Å². The molecule has 1 amide bonds. The van der Waals surface area contributed by atoms with Crippen LogP contribution in [0, 0.1) is 0 Å². The van der Waals surface area contributed by atoms with Crippen molar-refractivity contribution < 1.29 is 4.79 Å².